The van der Waals surface area contributed by atoms with Gasteiger partial charge in [-0.2, -0.15) is 0 Å². The van der Waals surface area contributed by atoms with Crippen LogP contribution in [0.2, 0.25) is 0 Å². The minimum Gasteiger partial charge on any atom is -0.480 e. The van der Waals surface area contributed by atoms with Crippen LogP contribution >= 0.6 is 0 Å². The lowest BCUT2D eigenvalue weighted by Crippen LogP contribution is -2.30. The fraction of sp³-hybridized carbons (Fsp3) is 0.500. The molecule has 0 aromatic heterocycles. The van der Waals surface area contributed by atoms with E-state index in [0.717, 1.165) is 0 Å². The van der Waals surface area contributed by atoms with Gasteiger partial charge in [0, 0.05) is 6.42 Å². The van der Waals surface area contributed by atoms with Crippen LogP contribution in [0.25, 0.3) is 0 Å². The number of carboxylic acid groups (broad SMARTS) is 2. The van der Waals surface area contributed by atoms with Gasteiger partial charge < -0.3 is 10.2 Å². The zero-order valence-electron chi connectivity index (χ0n) is 5.90. The molecule has 0 aliphatic rings. The van der Waals surface area contributed by atoms with Crippen molar-refractivity contribution in [2.75, 3.05) is 0 Å². The predicted molar refractivity (Wildman–Crippen MR) is 34.1 cm³/mol. The van der Waals surface area contributed by atoms with Gasteiger partial charge in [0.25, 0.3) is 0 Å². The molecule has 0 aromatic rings. The molecule has 0 rings (SSSR count). The molecule has 2 N–H and O–H groups in total. The first-order valence-corrected chi connectivity index (χ1v) is 2.99. The monoisotopic (exact) mass is 160 g/mol. The van der Waals surface area contributed by atoms with E-state index in [2.05, 4.69) is 0 Å². The number of Topliss-reactive ketones (excluding diaryl/α,β-unsaturated/α-hetero) is 1. The summed E-state index contributed by atoms with van der Waals surface area (Å²) < 4.78 is 0. The molecule has 0 aromatic carbocycles. The molecule has 0 aliphatic carbocycles. The summed E-state index contributed by atoms with van der Waals surface area (Å²) in [5.41, 5.74) is 0. The van der Waals surface area contributed by atoms with Crippen molar-refractivity contribution in [2.24, 2.45) is 5.92 Å². The van der Waals surface area contributed by atoms with Crippen molar-refractivity contribution in [3.8, 4) is 0 Å². The van der Waals surface area contributed by atoms with Gasteiger partial charge in [0.05, 0.1) is 0 Å². The van der Waals surface area contributed by atoms with Crippen molar-refractivity contribution >= 4 is 17.7 Å². The van der Waals surface area contributed by atoms with Gasteiger partial charge >= 0.3 is 11.9 Å². The minimum atomic E-state index is -1.90. The Morgan fingerprint density at radius 2 is 1.55 bits per heavy atom. The topological polar surface area (TPSA) is 91.7 Å². The lowest BCUT2D eigenvalue weighted by atomic mass is 10.0. The molecule has 0 atom stereocenters. The van der Waals surface area contributed by atoms with E-state index in [9.17, 15) is 14.4 Å². The van der Waals surface area contributed by atoms with Crippen LogP contribution in [0.1, 0.15) is 13.3 Å². The zero-order valence-corrected chi connectivity index (χ0v) is 5.90. The van der Waals surface area contributed by atoms with E-state index in [1.165, 1.54) is 6.92 Å². The second-order valence-corrected chi connectivity index (χ2v) is 1.93. The molecule has 0 fully saturated rings. The van der Waals surface area contributed by atoms with Crippen LogP contribution < -0.4 is 0 Å². The van der Waals surface area contributed by atoms with E-state index in [4.69, 9.17) is 10.2 Å². The maximum Gasteiger partial charge on any atom is 0.325 e. The highest BCUT2D eigenvalue weighted by atomic mass is 16.4. The number of rotatable bonds is 4. The Balaban J connectivity index is 4.47. The largest absolute Gasteiger partial charge is 0.480 e. The second-order valence-electron chi connectivity index (χ2n) is 1.93. The van der Waals surface area contributed by atoms with E-state index >= 15 is 0 Å². The molecule has 5 nitrogen and oxygen atoms in total. The van der Waals surface area contributed by atoms with E-state index < -0.39 is 23.6 Å². The summed E-state index contributed by atoms with van der Waals surface area (Å²) in [7, 11) is 0. The van der Waals surface area contributed by atoms with Gasteiger partial charge in [-0.15, -0.1) is 0 Å². The molecule has 0 amide bonds. The lowest BCUT2D eigenvalue weighted by molar-refractivity contribution is -0.157. The third-order valence-electron chi connectivity index (χ3n) is 1.16. The third-order valence-corrected chi connectivity index (χ3v) is 1.16. The number of carbonyl (C=O) groups excluding carboxylic acids is 1. The van der Waals surface area contributed by atoms with Crippen LogP contribution in [0.4, 0.5) is 0 Å². The van der Waals surface area contributed by atoms with Crippen LogP contribution in [0, 0.1) is 5.92 Å². The first kappa shape index (κ1) is 9.61. The Labute approximate surface area is 62.6 Å². The van der Waals surface area contributed by atoms with Crippen LogP contribution in [0.15, 0.2) is 0 Å². The molecule has 62 valence electrons. The number of ketones is 1. The summed E-state index contributed by atoms with van der Waals surface area (Å²) in [6.07, 6.45) is -0.0801. The zero-order chi connectivity index (χ0) is 9.02. The maximum atomic E-state index is 10.6. The summed E-state index contributed by atoms with van der Waals surface area (Å²) in [6, 6.07) is 0. The molecule has 0 saturated heterocycles. The van der Waals surface area contributed by atoms with Gasteiger partial charge in [0.2, 0.25) is 5.92 Å². The van der Waals surface area contributed by atoms with Crippen molar-refractivity contribution in [1.29, 1.82) is 0 Å². The number of hydrogen-bond acceptors (Lipinski definition) is 3. The normalized spacial score (nSPS) is 9.64. The molecule has 0 spiro atoms. The van der Waals surface area contributed by atoms with E-state index in [0.29, 0.717) is 0 Å². The molecule has 0 bridgehead atoms. The molecule has 0 radical (unpaired) electrons. The third kappa shape index (κ3) is 2.37. The Kier molecular flexibility index (Phi) is 3.23. The molecule has 0 unspecified atom stereocenters. The van der Waals surface area contributed by atoms with Gasteiger partial charge in [-0.1, -0.05) is 6.92 Å². The van der Waals surface area contributed by atoms with Gasteiger partial charge in [-0.25, -0.2) is 0 Å². The van der Waals surface area contributed by atoms with E-state index in [-0.39, 0.29) is 6.42 Å². The smallest absolute Gasteiger partial charge is 0.325 e. The van der Waals surface area contributed by atoms with Crippen LogP contribution in [0.3, 0.4) is 0 Å². The first-order chi connectivity index (χ1) is 5.00. The van der Waals surface area contributed by atoms with Crippen molar-refractivity contribution in [3.63, 3.8) is 0 Å². The molecule has 0 aliphatic heterocycles. The quantitative estimate of drug-likeness (QED) is 0.553. The van der Waals surface area contributed by atoms with Crippen molar-refractivity contribution in [1.82, 2.24) is 0 Å². The number of carbonyl (C=O) groups is 3. The van der Waals surface area contributed by atoms with Gasteiger partial charge in [0.1, 0.15) is 0 Å². The van der Waals surface area contributed by atoms with E-state index in [1.807, 2.05) is 0 Å². The Morgan fingerprint density at radius 1 is 1.18 bits per heavy atom. The molecule has 0 heterocycles. The average Bonchev–Trinajstić information content (AvgIpc) is 1.85. The molecule has 0 saturated carbocycles. The highest BCUT2D eigenvalue weighted by Crippen LogP contribution is 2.01. The molecular weight excluding hydrogens is 152 g/mol. The van der Waals surface area contributed by atoms with Crippen molar-refractivity contribution in [2.45, 2.75) is 13.3 Å². The summed E-state index contributed by atoms with van der Waals surface area (Å²) in [6.45, 7) is 1.42. The van der Waals surface area contributed by atoms with E-state index in [1.54, 1.807) is 0 Å². The highest BCUT2D eigenvalue weighted by molar-refractivity contribution is 6.13. The summed E-state index contributed by atoms with van der Waals surface area (Å²) in [4.78, 5) is 30.9. The number of carboxylic acids is 2. The Bertz CT molecular complexity index is 181. The molecular formula is C6H8O5. The summed E-state index contributed by atoms with van der Waals surface area (Å²) >= 11 is 0. The van der Waals surface area contributed by atoms with Gasteiger partial charge in [-0.05, 0) is 0 Å². The molecule has 11 heavy (non-hydrogen) atoms. The second kappa shape index (κ2) is 3.70. The Morgan fingerprint density at radius 3 is 1.64 bits per heavy atom. The van der Waals surface area contributed by atoms with Crippen molar-refractivity contribution in [3.05, 3.63) is 0 Å². The average molecular weight is 160 g/mol. The van der Waals surface area contributed by atoms with Gasteiger partial charge in [0.15, 0.2) is 5.78 Å². The maximum absolute atomic E-state index is 10.6. The highest BCUT2D eigenvalue weighted by Gasteiger charge is 2.31. The summed E-state index contributed by atoms with van der Waals surface area (Å²) in [5, 5.41) is 16.5. The van der Waals surface area contributed by atoms with Crippen molar-refractivity contribution < 1.29 is 24.6 Å². The first-order valence-electron chi connectivity index (χ1n) is 2.99. The standard InChI is InChI=1S/C6H8O5/c1-2-3(7)4(5(8)9)6(10)11/h4H,2H2,1H3,(H,8,9)(H,10,11). The van der Waals surface area contributed by atoms with Crippen LogP contribution in [0.5, 0.6) is 0 Å². The fourth-order valence-electron chi connectivity index (χ4n) is 0.585. The molecule has 5 heteroatoms. The summed E-state index contributed by atoms with van der Waals surface area (Å²) in [5.74, 6) is -5.90. The van der Waals surface area contributed by atoms with Crippen LogP contribution in [-0.4, -0.2) is 27.9 Å². The van der Waals surface area contributed by atoms with Gasteiger partial charge in [-0.3, -0.25) is 14.4 Å². The predicted octanol–water partition coefficient (Wildman–Crippen LogP) is -0.249. The SMILES string of the molecule is CCC(=O)C(C(=O)O)C(=O)O. The minimum absolute atomic E-state index is 0.0801. The van der Waals surface area contributed by atoms with Crippen LogP contribution in [-0.2, 0) is 14.4 Å². The lowest BCUT2D eigenvalue weighted by Gasteiger charge is -2.02. The number of aliphatic carboxylic acids is 2. The number of hydrogen-bond donors (Lipinski definition) is 2. The Hall–Kier alpha value is -1.39. The fourth-order valence-corrected chi connectivity index (χ4v) is 0.585.